The first-order chi connectivity index (χ1) is 21.1. The molecule has 0 unspecified atom stereocenters. The van der Waals surface area contributed by atoms with Crippen LogP contribution in [0.3, 0.4) is 0 Å². The molecule has 2 N–H and O–H groups in total. The monoisotopic (exact) mass is 632 g/mol. The van der Waals surface area contributed by atoms with E-state index >= 15 is 0 Å². The molecule has 1 aliphatic heterocycles. The molecule has 1 heterocycles. The first-order valence-electron chi connectivity index (χ1n) is 15.8. The lowest BCUT2D eigenvalue weighted by Crippen LogP contribution is -2.43. The van der Waals surface area contributed by atoms with Crippen molar-refractivity contribution in [1.29, 1.82) is 0 Å². The molecule has 1 saturated heterocycles. The number of hydrogen-bond donors (Lipinski definition) is 2. The van der Waals surface area contributed by atoms with Crippen LogP contribution in [0.5, 0.6) is 0 Å². The minimum Gasteiger partial charge on any atom is -0.475 e. The van der Waals surface area contributed by atoms with Gasteiger partial charge in [-0.15, -0.1) is 0 Å². The molecule has 45 heavy (non-hydrogen) atoms. The van der Waals surface area contributed by atoms with Gasteiger partial charge in [-0.25, -0.2) is 4.79 Å². The van der Waals surface area contributed by atoms with Crippen LogP contribution >= 0.6 is 0 Å². The normalized spacial score (nSPS) is 18.2. The molecule has 1 atom stereocenters. The Bertz CT molecular complexity index is 1260. The van der Waals surface area contributed by atoms with Crippen molar-refractivity contribution in [2.24, 2.45) is 0 Å². The maximum absolute atomic E-state index is 13.4. The summed E-state index contributed by atoms with van der Waals surface area (Å²) in [5, 5.41) is 10.2. The van der Waals surface area contributed by atoms with E-state index in [0.717, 1.165) is 50.3 Å². The third-order valence-electron chi connectivity index (χ3n) is 8.50. The lowest BCUT2D eigenvalue weighted by Gasteiger charge is -2.28. The second-order valence-corrected chi connectivity index (χ2v) is 13.1. The van der Waals surface area contributed by atoms with Gasteiger partial charge in [-0.1, -0.05) is 61.4 Å². The van der Waals surface area contributed by atoms with Crippen molar-refractivity contribution in [3.8, 4) is 11.1 Å². The highest BCUT2D eigenvalue weighted by Crippen LogP contribution is 2.42. The number of esters is 1. The van der Waals surface area contributed by atoms with E-state index in [1.807, 2.05) is 20.8 Å². The van der Waals surface area contributed by atoms with Crippen molar-refractivity contribution in [3.63, 3.8) is 0 Å². The summed E-state index contributed by atoms with van der Waals surface area (Å²) in [6.07, 6.45) is 3.43. The molecule has 7 nitrogen and oxygen atoms in total. The maximum Gasteiger partial charge on any atom is 0.490 e. The van der Waals surface area contributed by atoms with Crippen LogP contribution in [-0.2, 0) is 31.0 Å². The van der Waals surface area contributed by atoms with E-state index in [2.05, 4.69) is 65.7 Å². The topological polar surface area (TPSA) is 95.9 Å². The van der Waals surface area contributed by atoms with Gasteiger partial charge in [0.15, 0.2) is 0 Å². The molecule has 2 aromatic rings. The number of rotatable bonds is 10. The van der Waals surface area contributed by atoms with E-state index in [4.69, 9.17) is 14.6 Å². The number of amides is 1. The molecular weight excluding hydrogens is 585 g/mol. The third kappa shape index (κ3) is 10.9. The number of ether oxygens (including phenoxy) is 1. The Kier molecular flexibility index (Phi) is 12.6. The fourth-order valence-electron chi connectivity index (χ4n) is 6.06. The number of likely N-dealkylation sites (tertiary alicyclic amines) is 1. The molecule has 2 aliphatic rings. The summed E-state index contributed by atoms with van der Waals surface area (Å²) in [6.45, 7) is 10.8. The predicted octanol–water partition coefficient (Wildman–Crippen LogP) is 7.06. The summed E-state index contributed by atoms with van der Waals surface area (Å²) in [5.41, 5.74) is 3.93. The van der Waals surface area contributed by atoms with Gasteiger partial charge in [-0.3, -0.25) is 9.59 Å². The molecule has 1 saturated carbocycles. The average molecular weight is 633 g/mol. The van der Waals surface area contributed by atoms with Crippen LogP contribution in [0.4, 0.5) is 13.2 Å². The number of nitrogens with zero attached hydrogens (tertiary/aromatic N) is 1. The highest BCUT2D eigenvalue weighted by Gasteiger charge is 2.42. The summed E-state index contributed by atoms with van der Waals surface area (Å²) in [6, 6.07) is 18.3. The summed E-state index contributed by atoms with van der Waals surface area (Å²) in [7, 11) is 0. The van der Waals surface area contributed by atoms with Crippen LogP contribution in [0, 0.1) is 0 Å². The van der Waals surface area contributed by atoms with E-state index in [0.29, 0.717) is 19.4 Å². The molecular formula is C35H47F3N2O5. The van der Waals surface area contributed by atoms with Crippen molar-refractivity contribution < 1.29 is 37.4 Å². The molecule has 10 heteroatoms. The summed E-state index contributed by atoms with van der Waals surface area (Å²) in [4.78, 5) is 36.8. The molecule has 2 aromatic carbocycles. The fraction of sp³-hybridized carbons (Fsp3) is 0.571. The predicted molar refractivity (Wildman–Crippen MR) is 168 cm³/mol. The molecule has 248 valence electrons. The Balaban J connectivity index is 0.000000707. The minimum absolute atomic E-state index is 0.0867. The molecule has 1 aliphatic carbocycles. The average Bonchev–Trinajstić information content (AvgIpc) is 3.63. The number of aliphatic carboxylic acids is 1. The molecule has 0 spiro atoms. The highest BCUT2D eigenvalue weighted by atomic mass is 19.4. The van der Waals surface area contributed by atoms with Crippen molar-refractivity contribution >= 4 is 17.8 Å². The fourth-order valence-corrected chi connectivity index (χ4v) is 6.06. The number of hydrogen-bond acceptors (Lipinski definition) is 5. The summed E-state index contributed by atoms with van der Waals surface area (Å²) in [5.74, 6) is -2.89. The van der Waals surface area contributed by atoms with E-state index in [1.165, 1.54) is 36.1 Å². The van der Waals surface area contributed by atoms with Crippen molar-refractivity contribution in [3.05, 3.63) is 59.7 Å². The van der Waals surface area contributed by atoms with Gasteiger partial charge >= 0.3 is 18.1 Å². The van der Waals surface area contributed by atoms with Gasteiger partial charge in [0.1, 0.15) is 5.60 Å². The third-order valence-corrected chi connectivity index (χ3v) is 8.50. The highest BCUT2D eigenvalue weighted by molar-refractivity contribution is 5.89. The van der Waals surface area contributed by atoms with Crippen molar-refractivity contribution in [1.82, 2.24) is 10.2 Å². The molecule has 0 radical (unpaired) electrons. The molecule has 0 aromatic heterocycles. The first kappa shape index (κ1) is 36.1. The van der Waals surface area contributed by atoms with Gasteiger partial charge in [0.2, 0.25) is 5.91 Å². The van der Waals surface area contributed by atoms with Crippen LogP contribution in [0.25, 0.3) is 11.1 Å². The second kappa shape index (κ2) is 15.7. The van der Waals surface area contributed by atoms with Crippen LogP contribution in [0.15, 0.2) is 48.5 Å². The van der Waals surface area contributed by atoms with Crippen molar-refractivity contribution in [2.75, 3.05) is 19.6 Å². The SMILES string of the molecule is C[C@@H]1CCCN1CCc1ccc(-c2ccc(C3(C(=O)NCCCC(=O)OC(C)(C)C)CCCC3)cc2)cc1.O=C(O)C(F)(F)F. The van der Waals surface area contributed by atoms with Gasteiger partial charge in [0.25, 0.3) is 0 Å². The standard InChI is InChI=1S/C33H46N2O3.C2HF3O2/c1-25-9-8-23-35(25)24-19-26-11-13-27(14-12-26)28-15-17-29(18-16-28)33(20-5-6-21-33)31(37)34-22-7-10-30(36)38-32(2,3)4;3-2(4,5)1(6)7/h11-18,25H,5-10,19-24H2,1-4H3,(H,34,37);(H,6,7)/t25-;/m1./s1. The number of carbonyl (C=O) groups is 3. The maximum atomic E-state index is 13.4. The number of carboxylic acids is 1. The van der Waals surface area contributed by atoms with E-state index in [-0.39, 0.29) is 11.9 Å². The quantitative estimate of drug-likeness (QED) is 0.215. The van der Waals surface area contributed by atoms with E-state index in [1.54, 1.807) is 0 Å². The summed E-state index contributed by atoms with van der Waals surface area (Å²) < 4.78 is 37.1. The van der Waals surface area contributed by atoms with E-state index in [9.17, 15) is 22.8 Å². The number of carboxylic acid groups (broad SMARTS) is 1. The zero-order chi connectivity index (χ0) is 33.3. The van der Waals surface area contributed by atoms with Crippen LogP contribution in [-0.4, -0.2) is 65.3 Å². The van der Waals surface area contributed by atoms with E-state index < -0.39 is 23.2 Å². The Hall–Kier alpha value is -3.40. The second-order valence-electron chi connectivity index (χ2n) is 13.1. The zero-order valence-electron chi connectivity index (χ0n) is 26.8. The van der Waals surface area contributed by atoms with Gasteiger partial charge in [-0.05, 0) is 95.0 Å². The lowest BCUT2D eigenvalue weighted by atomic mass is 9.77. The largest absolute Gasteiger partial charge is 0.490 e. The van der Waals surface area contributed by atoms with Gasteiger partial charge in [0.05, 0.1) is 5.41 Å². The lowest BCUT2D eigenvalue weighted by molar-refractivity contribution is -0.192. The number of carbonyl (C=O) groups excluding carboxylic acids is 2. The summed E-state index contributed by atoms with van der Waals surface area (Å²) >= 11 is 0. The number of halogens is 3. The van der Waals surface area contributed by atoms with Gasteiger partial charge in [-0.2, -0.15) is 13.2 Å². The van der Waals surface area contributed by atoms with Crippen LogP contribution in [0.1, 0.15) is 90.2 Å². The Morgan fingerprint density at radius 3 is 2.00 bits per heavy atom. The number of alkyl halides is 3. The Morgan fingerprint density at radius 1 is 0.956 bits per heavy atom. The number of benzene rings is 2. The Labute approximate surface area is 264 Å². The molecule has 1 amide bonds. The van der Waals surface area contributed by atoms with Gasteiger partial charge in [0, 0.05) is 25.6 Å². The van der Waals surface area contributed by atoms with Crippen molar-refractivity contribution in [2.45, 2.75) is 109 Å². The first-order valence-corrected chi connectivity index (χ1v) is 15.8. The molecule has 2 fully saturated rings. The van der Waals surface area contributed by atoms with Gasteiger partial charge < -0.3 is 20.1 Å². The zero-order valence-corrected chi connectivity index (χ0v) is 26.8. The molecule has 4 rings (SSSR count). The number of nitrogens with one attached hydrogen (secondary N) is 1. The molecule has 0 bridgehead atoms. The smallest absolute Gasteiger partial charge is 0.475 e. The minimum atomic E-state index is -5.08. The van der Waals surface area contributed by atoms with Crippen LogP contribution < -0.4 is 5.32 Å². The van der Waals surface area contributed by atoms with Crippen LogP contribution in [0.2, 0.25) is 0 Å². The Morgan fingerprint density at radius 2 is 1.51 bits per heavy atom.